The van der Waals surface area contributed by atoms with Gasteiger partial charge in [-0.2, -0.15) is 9.88 Å². The van der Waals surface area contributed by atoms with Crippen LogP contribution in [0.3, 0.4) is 0 Å². The highest BCUT2D eigenvalue weighted by Crippen LogP contribution is 2.39. The Morgan fingerprint density at radius 2 is 1.54 bits per heavy atom. The van der Waals surface area contributed by atoms with E-state index >= 15 is 8.78 Å². The smallest absolute Gasteiger partial charge is 0.424 e. The Bertz CT molecular complexity index is 2270. The van der Waals surface area contributed by atoms with Crippen molar-refractivity contribution in [1.29, 1.82) is 0 Å². The molecule has 1 fully saturated rings. The van der Waals surface area contributed by atoms with Crippen molar-refractivity contribution in [2.45, 2.75) is 112 Å². The van der Waals surface area contributed by atoms with Gasteiger partial charge in [0.25, 0.3) is 0 Å². The molecule has 14 nitrogen and oxygen atoms in total. The molecular formula is C41H50F2N6O8. The minimum absolute atomic E-state index is 0.0298. The number of amides is 3. The number of hydrogen-bond acceptors (Lipinski definition) is 10. The summed E-state index contributed by atoms with van der Waals surface area (Å²) in [6.45, 7) is 18.3. The van der Waals surface area contributed by atoms with Gasteiger partial charge in [-0.05, 0) is 103 Å². The number of halogens is 2. The van der Waals surface area contributed by atoms with E-state index in [1.54, 1.807) is 79.3 Å². The van der Waals surface area contributed by atoms with Crippen molar-refractivity contribution < 1.29 is 42.9 Å². The van der Waals surface area contributed by atoms with Crippen LogP contribution < -0.4 is 15.5 Å². The summed E-state index contributed by atoms with van der Waals surface area (Å²) in [7, 11) is 0. The molecule has 0 bridgehead atoms. The Balaban J connectivity index is 1.90. The summed E-state index contributed by atoms with van der Waals surface area (Å²) < 4.78 is 45.6. The van der Waals surface area contributed by atoms with Gasteiger partial charge in [-0.25, -0.2) is 37.5 Å². The maximum absolute atomic E-state index is 17.0. The van der Waals surface area contributed by atoms with Crippen molar-refractivity contribution in [1.82, 2.24) is 19.4 Å². The average molecular weight is 793 g/mol. The molecule has 5 rings (SSSR count). The third-order valence-electron chi connectivity index (χ3n) is 9.34. The van der Waals surface area contributed by atoms with Gasteiger partial charge in [0.05, 0.1) is 28.9 Å². The number of carboxylic acid groups (broad SMARTS) is 1. The summed E-state index contributed by atoms with van der Waals surface area (Å²) in [6, 6.07) is 6.91. The number of anilines is 2. The molecule has 2 aromatic heterocycles. The van der Waals surface area contributed by atoms with Crippen molar-refractivity contribution >= 4 is 40.8 Å². The summed E-state index contributed by atoms with van der Waals surface area (Å²) >= 11 is 0. The second-order valence-corrected chi connectivity index (χ2v) is 16.6. The molecule has 3 heterocycles. The largest absolute Gasteiger partial charge is 0.465 e. The standard InChI is InChI=1S/C41H50F2N6O8/c1-21(2)26-16-25(20-50)15-22(3)33(26)49-35-27(34(45-36(49)51)46-18-24(5)47(37(52)53)19-23(46)4)17-29(43)32(44-35)31-28(42)13-12-14-30(31)48(38(54)56-40(6,7)8)39(55)57-41(9,10)11/h12-17,21,23-24,50H,18-20H2,1-11H3,(H,52,53)/t23-,24+/m0/s1. The predicted octanol–water partition coefficient (Wildman–Crippen LogP) is 7.90. The number of ether oxygens (including phenoxy) is 2. The monoisotopic (exact) mass is 792 g/mol. The zero-order valence-electron chi connectivity index (χ0n) is 34.1. The normalized spacial score (nSPS) is 16.3. The van der Waals surface area contributed by atoms with Gasteiger partial charge in [0, 0.05) is 25.2 Å². The number of aliphatic hydroxyl groups excluding tert-OH is 1. The second-order valence-electron chi connectivity index (χ2n) is 16.6. The fourth-order valence-electron chi connectivity index (χ4n) is 6.93. The fourth-order valence-corrected chi connectivity index (χ4v) is 6.93. The lowest BCUT2D eigenvalue weighted by atomic mass is 9.95. The highest BCUT2D eigenvalue weighted by molar-refractivity contribution is 6.12. The Kier molecular flexibility index (Phi) is 11.7. The third-order valence-corrected chi connectivity index (χ3v) is 9.34. The fraction of sp³-hybridized carbons (Fsp3) is 0.463. The summed E-state index contributed by atoms with van der Waals surface area (Å²) in [5.41, 5.74) is -2.73. The molecular weight excluding hydrogens is 742 g/mol. The summed E-state index contributed by atoms with van der Waals surface area (Å²) in [6.07, 6.45) is -3.56. The molecule has 0 saturated carbocycles. The molecule has 4 aromatic rings. The van der Waals surface area contributed by atoms with Crippen LogP contribution in [-0.4, -0.2) is 84.3 Å². The van der Waals surface area contributed by atoms with Gasteiger partial charge in [-0.3, -0.25) is 0 Å². The number of piperazine rings is 1. The zero-order chi connectivity index (χ0) is 42.5. The number of hydrogen-bond donors (Lipinski definition) is 2. The van der Waals surface area contributed by atoms with Crippen LogP contribution in [0.15, 0.2) is 41.2 Å². The van der Waals surface area contributed by atoms with Crippen molar-refractivity contribution in [3.05, 3.63) is 75.2 Å². The van der Waals surface area contributed by atoms with E-state index in [2.05, 4.69) is 9.97 Å². The Morgan fingerprint density at radius 1 is 0.930 bits per heavy atom. The number of fused-ring (bicyclic) bond motifs is 1. The molecule has 306 valence electrons. The number of aliphatic hydroxyl groups is 1. The van der Waals surface area contributed by atoms with Crippen LogP contribution in [0.25, 0.3) is 28.0 Å². The maximum Gasteiger partial charge on any atom is 0.424 e. The van der Waals surface area contributed by atoms with Crippen LogP contribution in [0, 0.1) is 18.6 Å². The molecule has 2 atom stereocenters. The topological polar surface area (TPSA) is 168 Å². The van der Waals surface area contributed by atoms with Crippen molar-refractivity contribution in [2.75, 3.05) is 22.9 Å². The molecule has 2 N–H and O–H groups in total. The van der Waals surface area contributed by atoms with E-state index in [4.69, 9.17) is 9.47 Å². The van der Waals surface area contributed by atoms with Crippen LogP contribution in [0.4, 0.5) is 34.7 Å². The Morgan fingerprint density at radius 3 is 2.09 bits per heavy atom. The Hall–Kier alpha value is -5.64. The van der Waals surface area contributed by atoms with E-state index in [0.717, 1.165) is 12.1 Å². The molecule has 2 aromatic carbocycles. The number of pyridine rings is 1. The first-order valence-electron chi connectivity index (χ1n) is 18.6. The molecule has 0 aliphatic carbocycles. The lowest BCUT2D eigenvalue weighted by molar-refractivity contribution is 0.0430. The van der Waals surface area contributed by atoms with E-state index in [1.807, 2.05) is 13.8 Å². The van der Waals surface area contributed by atoms with Crippen molar-refractivity contribution in [2.24, 2.45) is 0 Å². The van der Waals surface area contributed by atoms with E-state index in [9.17, 15) is 29.4 Å². The first-order chi connectivity index (χ1) is 26.4. The van der Waals surface area contributed by atoms with Gasteiger partial charge in [0.1, 0.15) is 28.5 Å². The lowest BCUT2D eigenvalue weighted by Crippen LogP contribution is -2.58. The molecule has 0 spiro atoms. The van der Waals surface area contributed by atoms with Crippen LogP contribution in [-0.2, 0) is 16.1 Å². The van der Waals surface area contributed by atoms with Crippen molar-refractivity contribution in [3.63, 3.8) is 0 Å². The third kappa shape index (κ3) is 8.70. The highest BCUT2D eigenvalue weighted by atomic mass is 19.1. The van der Waals surface area contributed by atoms with E-state index < -0.39 is 75.8 Å². The number of aryl methyl sites for hydroxylation is 1. The molecule has 0 radical (unpaired) electrons. The first kappa shape index (κ1) is 42.5. The van der Waals surface area contributed by atoms with Crippen LogP contribution in [0.2, 0.25) is 0 Å². The molecule has 0 unspecified atom stereocenters. The van der Waals surface area contributed by atoms with E-state index in [-0.39, 0.29) is 42.5 Å². The van der Waals surface area contributed by atoms with Crippen LogP contribution >= 0.6 is 0 Å². The SMILES string of the molecule is Cc1cc(CO)cc(C(C)C)c1-n1c(=O)nc(N2C[C@@H](C)N(C(=O)O)C[C@@H]2C)c2cc(F)c(-c3c(F)cccc3N(C(=O)OC(C)(C)C)C(=O)OC(C)(C)C)nc21. The van der Waals surface area contributed by atoms with Crippen LogP contribution in [0.1, 0.15) is 91.8 Å². The van der Waals surface area contributed by atoms with Gasteiger partial charge in [0.2, 0.25) is 0 Å². The lowest BCUT2D eigenvalue weighted by Gasteiger charge is -2.43. The molecule has 3 amide bonds. The van der Waals surface area contributed by atoms with Gasteiger partial charge in [0.15, 0.2) is 11.5 Å². The number of imide groups is 1. The zero-order valence-corrected chi connectivity index (χ0v) is 34.1. The number of carbonyl (C=O) groups excluding carboxylic acids is 2. The predicted molar refractivity (Wildman–Crippen MR) is 211 cm³/mol. The van der Waals surface area contributed by atoms with E-state index in [1.165, 1.54) is 21.6 Å². The van der Waals surface area contributed by atoms with E-state index in [0.29, 0.717) is 27.3 Å². The molecule has 1 aliphatic rings. The Labute approximate surface area is 329 Å². The number of nitrogens with zero attached hydrogens (tertiary/aromatic N) is 6. The average Bonchev–Trinajstić information content (AvgIpc) is 3.07. The van der Waals surface area contributed by atoms with Gasteiger partial charge >= 0.3 is 24.0 Å². The van der Waals surface area contributed by atoms with Gasteiger partial charge in [-0.1, -0.05) is 32.0 Å². The minimum Gasteiger partial charge on any atom is -0.465 e. The maximum atomic E-state index is 17.0. The number of rotatable bonds is 6. The number of benzene rings is 2. The first-order valence-corrected chi connectivity index (χ1v) is 18.6. The quantitative estimate of drug-likeness (QED) is 0.195. The van der Waals surface area contributed by atoms with Gasteiger partial charge in [-0.15, -0.1) is 0 Å². The number of carbonyl (C=O) groups is 3. The molecule has 1 aliphatic heterocycles. The summed E-state index contributed by atoms with van der Waals surface area (Å²) in [5.74, 6) is -2.32. The highest BCUT2D eigenvalue weighted by Gasteiger charge is 2.38. The molecule has 1 saturated heterocycles. The molecule has 16 heteroatoms. The number of aromatic nitrogens is 3. The van der Waals surface area contributed by atoms with Gasteiger partial charge < -0.3 is 29.5 Å². The van der Waals surface area contributed by atoms with Crippen LogP contribution in [0.5, 0.6) is 0 Å². The summed E-state index contributed by atoms with van der Waals surface area (Å²) in [5, 5.41) is 19.9. The van der Waals surface area contributed by atoms with Crippen molar-refractivity contribution in [3.8, 4) is 16.9 Å². The minimum atomic E-state index is -1.22. The molecule has 57 heavy (non-hydrogen) atoms. The second kappa shape index (κ2) is 15.7. The summed E-state index contributed by atoms with van der Waals surface area (Å²) in [4.78, 5) is 66.6.